The number of thiophene rings is 1. The first kappa shape index (κ1) is 15.2. The van der Waals surface area contributed by atoms with Crippen LogP contribution in [0.25, 0.3) is 0 Å². The molecule has 0 saturated heterocycles. The molecule has 102 valence electrons. The fraction of sp³-hybridized carbons (Fsp3) is 0.643. The molecule has 1 aromatic rings. The third-order valence-electron chi connectivity index (χ3n) is 2.88. The predicted molar refractivity (Wildman–Crippen MR) is 74.4 cm³/mol. The smallest absolute Gasteiger partial charge is 0.345 e. The molecule has 0 aliphatic rings. The zero-order valence-corrected chi connectivity index (χ0v) is 12.0. The van der Waals surface area contributed by atoms with Gasteiger partial charge in [-0.3, -0.25) is 0 Å². The van der Waals surface area contributed by atoms with Crippen molar-refractivity contribution in [3.8, 4) is 0 Å². The molecule has 1 heterocycles. The Balaban J connectivity index is 2.21. The van der Waals surface area contributed by atoms with Crippen molar-refractivity contribution in [1.29, 1.82) is 0 Å². The highest BCUT2D eigenvalue weighted by Gasteiger charge is 2.10. The fourth-order valence-electron chi connectivity index (χ4n) is 1.76. The second-order valence-corrected chi connectivity index (χ2v) is 5.72. The Bertz CT molecular complexity index is 371. The highest BCUT2D eigenvalue weighted by molar-refractivity contribution is 7.14. The average Bonchev–Trinajstić information content (AvgIpc) is 2.70. The molecule has 0 saturated carbocycles. The summed E-state index contributed by atoms with van der Waals surface area (Å²) in [6.07, 6.45) is 6.14. The van der Waals surface area contributed by atoms with Gasteiger partial charge in [-0.1, -0.05) is 32.6 Å². The van der Waals surface area contributed by atoms with Crippen molar-refractivity contribution >= 4 is 17.3 Å². The monoisotopic (exact) mass is 270 g/mol. The van der Waals surface area contributed by atoms with Crippen LogP contribution in [-0.4, -0.2) is 17.7 Å². The maximum absolute atomic E-state index is 10.8. The molecule has 1 N–H and O–H groups in total. The van der Waals surface area contributed by atoms with E-state index < -0.39 is 5.97 Å². The third-order valence-corrected chi connectivity index (χ3v) is 3.96. The van der Waals surface area contributed by atoms with Crippen molar-refractivity contribution in [2.45, 2.75) is 52.6 Å². The molecule has 0 amide bonds. The minimum atomic E-state index is -0.853. The molecular formula is C14H22O3S. The number of hydrogen-bond acceptors (Lipinski definition) is 3. The van der Waals surface area contributed by atoms with Crippen molar-refractivity contribution in [3.05, 3.63) is 21.4 Å². The molecule has 0 unspecified atom stereocenters. The highest BCUT2D eigenvalue weighted by Crippen LogP contribution is 2.22. The topological polar surface area (TPSA) is 46.5 Å². The van der Waals surface area contributed by atoms with E-state index >= 15 is 0 Å². The Hall–Kier alpha value is -0.870. The van der Waals surface area contributed by atoms with Crippen LogP contribution in [0, 0.1) is 6.92 Å². The van der Waals surface area contributed by atoms with Gasteiger partial charge in [0.15, 0.2) is 0 Å². The lowest BCUT2D eigenvalue weighted by Gasteiger charge is -2.03. The van der Waals surface area contributed by atoms with E-state index in [0.717, 1.165) is 23.5 Å². The lowest BCUT2D eigenvalue weighted by Crippen LogP contribution is -1.96. The van der Waals surface area contributed by atoms with Crippen LogP contribution in [0.1, 0.15) is 59.1 Å². The van der Waals surface area contributed by atoms with Gasteiger partial charge in [0.25, 0.3) is 0 Å². The number of rotatable bonds is 9. The van der Waals surface area contributed by atoms with Crippen molar-refractivity contribution < 1.29 is 14.6 Å². The van der Waals surface area contributed by atoms with Crippen LogP contribution in [0.3, 0.4) is 0 Å². The predicted octanol–water partition coefficient (Wildman–Crippen LogP) is 4.24. The lowest BCUT2D eigenvalue weighted by atomic mass is 10.2. The summed E-state index contributed by atoms with van der Waals surface area (Å²) < 4.78 is 5.59. The minimum Gasteiger partial charge on any atom is -0.477 e. The second-order valence-electron chi connectivity index (χ2n) is 4.46. The number of carboxylic acid groups (broad SMARTS) is 1. The molecule has 3 nitrogen and oxygen atoms in total. The van der Waals surface area contributed by atoms with Crippen molar-refractivity contribution in [1.82, 2.24) is 0 Å². The Morgan fingerprint density at radius 2 is 2.06 bits per heavy atom. The summed E-state index contributed by atoms with van der Waals surface area (Å²) in [6.45, 7) is 5.44. The van der Waals surface area contributed by atoms with Crippen molar-refractivity contribution in [3.63, 3.8) is 0 Å². The first-order chi connectivity index (χ1) is 8.65. The standard InChI is InChI=1S/C14H22O3S/c1-3-4-5-6-7-8-17-10-12-9-13(14(15)16)18-11(12)2/h9H,3-8,10H2,1-2H3,(H,15,16). The molecular weight excluding hydrogens is 248 g/mol. The van der Waals surface area contributed by atoms with E-state index in [9.17, 15) is 4.79 Å². The summed E-state index contributed by atoms with van der Waals surface area (Å²) in [6, 6.07) is 1.72. The Morgan fingerprint density at radius 3 is 2.67 bits per heavy atom. The normalized spacial score (nSPS) is 10.8. The maximum Gasteiger partial charge on any atom is 0.345 e. The van der Waals surface area contributed by atoms with Gasteiger partial charge >= 0.3 is 5.97 Å². The van der Waals surface area contributed by atoms with E-state index in [0.29, 0.717) is 11.5 Å². The molecule has 0 aliphatic carbocycles. The Morgan fingerprint density at radius 1 is 1.33 bits per heavy atom. The molecule has 0 fully saturated rings. The summed E-state index contributed by atoms with van der Waals surface area (Å²) in [4.78, 5) is 12.3. The van der Waals surface area contributed by atoms with E-state index in [2.05, 4.69) is 6.92 Å². The minimum absolute atomic E-state index is 0.397. The van der Waals surface area contributed by atoms with Crippen LogP contribution in [0.4, 0.5) is 0 Å². The Kier molecular flexibility index (Phi) is 6.98. The van der Waals surface area contributed by atoms with Gasteiger partial charge in [-0.05, 0) is 25.0 Å². The number of ether oxygens (including phenoxy) is 1. The lowest BCUT2D eigenvalue weighted by molar-refractivity contribution is 0.0702. The van der Waals surface area contributed by atoms with Crippen LogP contribution in [0.2, 0.25) is 0 Å². The van der Waals surface area contributed by atoms with Crippen LogP contribution in [-0.2, 0) is 11.3 Å². The Labute approximate surface area is 113 Å². The van der Waals surface area contributed by atoms with Gasteiger partial charge in [0.05, 0.1) is 6.61 Å². The SMILES string of the molecule is CCCCCCCOCc1cc(C(=O)O)sc1C. The van der Waals surface area contributed by atoms with Crippen LogP contribution in [0.15, 0.2) is 6.07 Å². The molecule has 0 atom stereocenters. The fourth-order valence-corrected chi connectivity index (χ4v) is 2.63. The maximum atomic E-state index is 10.8. The number of carbonyl (C=O) groups is 1. The summed E-state index contributed by atoms with van der Waals surface area (Å²) in [5, 5.41) is 8.88. The van der Waals surface area contributed by atoms with Gasteiger partial charge in [-0.25, -0.2) is 4.79 Å². The first-order valence-electron chi connectivity index (χ1n) is 6.55. The first-order valence-corrected chi connectivity index (χ1v) is 7.37. The quantitative estimate of drug-likeness (QED) is 0.683. The van der Waals surface area contributed by atoms with E-state index in [1.54, 1.807) is 6.07 Å². The molecule has 1 aromatic heterocycles. The number of aromatic carboxylic acids is 1. The van der Waals surface area contributed by atoms with Gasteiger partial charge in [0.1, 0.15) is 4.88 Å². The van der Waals surface area contributed by atoms with Crippen molar-refractivity contribution in [2.24, 2.45) is 0 Å². The van der Waals surface area contributed by atoms with Crippen molar-refractivity contribution in [2.75, 3.05) is 6.61 Å². The zero-order chi connectivity index (χ0) is 13.4. The van der Waals surface area contributed by atoms with Crippen LogP contribution >= 0.6 is 11.3 Å². The van der Waals surface area contributed by atoms with Crippen LogP contribution < -0.4 is 0 Å². The van der Waals surface area contributed by atoms with Gasteiger partial charge in [0.2, 0.25) is 0 Å². The van der Waals surface area contributed by atoms with Gasteiger partial charge in [0, 0.05) is 11.5 Å². The zero-order valence-electron chi connectivity index (χ0n) is 11.2. The van der Waals surface area contributed by atoms with Crippen LogP contribution in [0.5, 0.6) is 0 Å². The van der Waals surface area contributed by atoms with E-state index in [4.69, 9.17) is 9.84 Å². The second kappa shape index (κ2) is 8.27. The van der Waals surface area contributed by atoms with E-state index in [1.165, 1.54) is 37.0 Å². The molecule has 0 bridgehead atoms. The molecule has 0 aliphatic heterocycles. The van der Waals surface area contributed by atoms with E-state index in [-0.39, 0.29) is 0 Å². The summed E-state index contributed by atoms with van der Waals surface area (Å²) >= 11 is 1.32. The summed E-state index contributed by atoms with van der Waals surface area (Å²) in [5.41, 5.74) is 1.01. The average molecular weight is 270 g/mol. The number of hydrogen-bond donors (Lipinski definition) is 1. The summed E-state index contributed by atoms with van der Waals surface area (Å²) in [7, 11) is 0. The van der Waals surface area contributed by atoms with Gasteiger partial charge < -0.3 is 9.84 Å². The van der Waals surface area contributed by atoms with Gasteiger partial charge in [-0.2, -0.15) is 0 Å². The highest BCUT2D eigenvalue weighted by atomic mass is 32.1. The number of unbranched alkanes of at least 4 members (excludes halogenated alkanes) is 4. The molecule has 0 radical (unpaired) electrons. The third kappa shape index (κ3) is 5.19. The van der Waals surface area contributed by atoms with E-state index in [1.807, 2.05) is 6.92 Å². The number of aryl methyl sites for hydroxylation is 1. The molecule has 4 heteroatoms. The molecule has 0 aromatic carbocycles. The number of carboxylic acids is 1. The largest absolute Gasteiger partial charge is 0.477 e. The molecule has 1 rings (SSSR count). The van der Waals surface area contributed by atoms with Gasteiger partial charge in [-0.15, -0.1) is 11.3 Å². The molecule has 0 spiro atoms. The summed E-state index contributed by atoms with van der Waals surface area (Å²) in [5.74, 6) is -0.853. The molecule has 18 heavy (non-hydrogen) atoms.